The Morgan fingerprint density at radius 2 is 2.20 bits per heavy atom. The van der Waals surface area contributed by atoms with Gasteiger partial charge in [0.2, 0.25) is 0 Å². The zero-order chi connectivity index (χ0) is 13.5. The van der Waals surface area contributed by atoms with E-state index in [4.69, 9.17) is 0 Å². The summed E-state index contributed by atoms with van der Waals surface area (Å²) in [7, 11) is 3.09. The van der Waals surface area contributed by atoms with Gasteiger partial charge >= 0.3 is 0 Å². The van der Waals surface area contributed by atoms with E-state index in [9.17, 15) is 4.79 Å². The average molecular weight is 319 g/mol. The smallest absolute Gasteiger partial charge is 0.289 e. The van der Waals surface area contributed by atoms with Crippen LogP contribution in [0.4, 0.5) is 0 Å². The number of fused-ring (bicyclic) bond motifs is 2. The average Bonchev–Trinajstić information content (AvgIpc) is 3.13. The van der Waals surface area contributed by atoms with Crippen LogP contribution in [0.5, 0.6) is 0 Å². The molecule has 0 radical (unpaired) electrons. The Balaban J connectivity index is 1.66. The lowest BCUT2D eigenvalue weighted by Gasteiger charge is -2.08. The third kappa shape index (κ3) is 2.06. The molecule has 0 aliphatic carbocycles. The SMILES string of the molecule is O=C(N=C1SSC2=NCCN21)c1cc2ccccc2s1. The number of amidine groups is 2. The highest BCUT2D eigenvalue weighted by Crippen LogP contribution is 2.38. The van der Waals surface area contributed by atoms with Gasteiger partial charge in [0, 0.05) is 11.2 Å². The second-order valence-electron chi connectivity index (χ2n) is 4.33. The van der Waals surface area contributed by atoms with Gasteiger partial charge < -0.3 is 0 Å². The van der Waals surface area contributed by atoms with Crippen LogP contribution in [-0.4, -0.2) is 34.2 Å². The van der Waals surface area contributed by atoms with Crippen LogP contribution in [-0.2, 0) is 0 Å². The monoisotopic (exact) mass is 319 g/mol. The van der Waals surface area contributed by atoms with E-state index in [0.29, 0.717) is 4.88 Å². The molecule has 0 atom stereocenters. The van der Waals surface area contributed by atoms with Crippen LogP contribution in [0, 0.1) is 0 Å². The van der Waals surface area contributed by atoms with E-state index in [0.717, 1.165) is 33.5 Å². The van der Waals surface area contributed by atoms with Crippen molar-refractivity contribution in [3.05, 3.63) is 35.2 Å². The molecule has 1 saturated heterocycles. The molecular weight excluding hydrogens is 310 g/mol. The number of thiophene rings is 1. The van der Waals surface area contributed by atoms with Gasteiger partial charge in [0.05, 0.1) is 11.4 Å². The maximum absolute atomic E-state index is 12.3. The Bertz CT molecular complexity index is 732. The topological polar surface area (TPSA) is 45.0 Å². The molecule has 2 aromatic rings. The minimum Gasteiger partial charge on any atom is -0.297 e. The summed E-state index contributed by atoms with van der Waals surface area (Å²) >= 11 is 1.49. The molecule has 2 aliphatic rings. The molecule has 1 aromatic carbocycles. The highest BCUT2D eigenvalue weighted by molar-refractivity contribution is 8.88. The molecule has 100 valence electrons. The van der Waals surface area contributed by atoms with Crippen LogP contribution in [0.2, 0.25) is 0 Å². The van der Waals surface area contributed by atoms with Crippen molar-refractivity contribution in [2.45, 2.75) is 0 Å². The van der Waals surface area contributed by atoms with Gasteiger partial charge in [0.1, 0.15) is 0 Å². The maximum atomic E-state index is 12.3. The van der Waals surface area contributed by atoms with E-state index in [-0.39, 0.29) is 5.91 Å². The van der Waals surface area contributed by atoms with Crippen molar-refractivity contribution < 1.29 is 4.79 Å². The quantitative estimate of drug-likeness (QED) is 0.755. The van der Waals surface area contributed by atoms with Gasteiger partial charge in [0.25, 0.3) is 5.91 Å². The van der Waals surface area contributed by atoms with Crippen molar-refractivity contribution in [3.63, 3.8) is 0 Å². The summed E-state index contributed by atoms with van der Waals surface area (Å²) in [6, 6.07) is 9.91. The predicted molar refractivity (Wildman–Crippen MR) is 87.8 cm³/mol. The molecule has 4 rings (SSSR count). The summed E-state index contributed by atoms with van der Waals surface area (Å²) in [5.74, 6) is -0.164. The van der Waals surface area contributed by atoms with Gasteiger partial charge in [-0.25, -0.2) is 0 Å². The highest BCUT2D eigenvalue weighted by Gasteiger charge is 2.31. The molecule has 2 aliphatic heterocycles. The molecular formula is C13H9N3OS3. The Kier molecular flexibility index (Phi) is 3.05. The molecule has 0 saturated carbocycles. The van der Waals surface area contributed by atoms with Crippen molar-refractivity contribution in [2.24, 2.45) is 9.98 Å². The Morgan fingerprint density at radius 1 is 1.30 bits per heavy atom. The van der Waals surface area contributed by atoms with E-state index in [2.05, 4.69) is 9.98 Å². The molecule has 7 heteroatoms. The summed E-state index contributed by atoms with van der Waals surface area (Å²) in [6.45, 7) is 1.62. The summed E-state index contributed by atoms with van der Waals surface area (Å²) in [6.07, 6.45) is 0. The Morgan fingerprint density at radius 3 is 3.10 bits per heavy atom. The first kappa shape index (κ1) is 12.4. The fraction of sp³-hybridized carbons (Fsp3) is 0.154. The van der Waals surface area contributed by atoms with E-state index in [1.54, 1.807) is 10.8 Å². The molecule has 3 heterocycles. The second-order valence-corrected chi connectivity index (χ2v) is 7.48. The van der Waals surface area contributed by atoms with Crippen LogP contribution in [0.25, 0.3) is 10.1 Å². The van der Waals surface area contributed by atoms with Crippen molar-refractivity contribution in [1.29, 1.82) is 0 Å². The normalized spacial score (nSPS) is 19.7. The van der Waals surface area contributed by atoms with Gasteiger partial charge in [-0.1, -0.05) is 18.2 Å². The molecule has 1 fully saturated rings. The molecule has 1 amide bonds. The van der Waals surface area contributed by atoms with Crippen LogP contribution in [0.3, 0.4) is 0 Å². The predicted octanol–water partition coefficient (Wildman–Crippen LogP) is 3.46. The molecule has 0 bridgehead atoms. The number of amides is 1. The summed E-state index contributed by atoms with van der Waals surface area (Å²) in [5, 5.41) is 2.82. The van der Waals surface area contributed by atoms with Crippen LogP contribution < -0.4 is 0 Å². The summed E-state index contributed by atoms with van der Waals surface area (Å²) in [4.78, 5) is 23.6. The largest absolute Gasteiger partial charge is 0.297 e. The van der Waals surface area contributed by atoms with Gasteiger partial charge in [0.15, 0.2) is 10.3 Å². The van der Waals surface area contributed by atoms with Crippen molar-refractivity contribution in [2.75, 3.05) is 13.1 Å². The first-order chi connectivity index (χ1) is 9.81. The van der Waals surface area contributed by atoms with Crippen LogP contribution in [0.1, 0.15) is 9.67 Å². The van der Waals surface area contributed by atoms with Crippen LogP contribution >= 0.6 is 32.9 Å². The first-order valence-electron chi connectivity index (χ1n) is 6.09. The number of hydrogen-bond acceptors (Lipinski definition) is 5. The zero-order valence-corrected chi connectivity index (χ0v) is 12.7. The summed E-state index contributed by atoms with van der Waals surface area (Å²) in [5.41, 5.74) is 0. The lowest BCUT2D eigenvalue weighted by atomic mass is 10.2. The van der Waals surface area contributed by atoms with E-state index < -0.39 is 0 Å². The Labute approximate surface area is 127 Å². The first-order valence-corrected chi connectivity index (χ1v) is 9.06. The minimum atomic E-state index is -0.164. The third-order valence-corrected chi connectivity index (χ3v) is 6.35. The third-order valence-electron chi connectivity index (χ3n) is 3.06. The van der Waals surface area contributed by atoms with E-state index in [1.807, 2.05) is 35.2 Å². The number of hydrogen-bond donors (Lipinski definition) is 0. The number of nitrogens with zero attached hydrogens (tertiary/aromatic N) is 3. The number of rotatable bonds is 1. The maximum Gasteiger partial charge on any atom is 0.289 e. The second kappa shape index (κ2) is 4.91. The van der Waals surface area contributed by atoms with Crippen molar-refractivity contribution in [1.82, 2.24) is 4.90 Å². The molecule has 20 heavy (non-hydrogen) atoms. The van der Waals surface area contributed by atoms with Gasteiger partial charge in [-0.05, 0) is 39.1 Å². The zero-order valence-electron chi connectivity index (χ0n) is 10.3. The lowest BCUT2D eigenvalue weighted by Crippen LogP contribution is -2.25. The summed E-state index contributed by atoms with van der Waals surface area (Å²) < 4.78 is 1.12. The number of carbonyl (C=O) groups excluding carboxylic acids is 1. The fourth-order valence-electron chi connectivity index (χ4n) is 2.10. The Hall–Kier alpha value is -1.31. The molecule has 0 N–H and O–H groups in total. The van der Waals surface area contributed by atoms with E-state index >= 15 is 0 Å². The molecule has 4 nitrogen and oxygen atoms in total. The minimum absolute atomic E-state index is 0.164. The van der Waals surface area contributed by atoms with Crippen LogP contribution in [0.15, 0.2) is 40.3 Å². The number of aliphatic imine (C=N–C) groups is 2. The molecule has 0 spiro atoms. The number of benzene rings is 1. The lowest BCUT2D eigenvalue weighted by molar-refractivity contribution is 0.101. The van der Waals surface area contributed by atoms with E-state index in [1.165, 1.54) is 22.1 Å². The van der Waals surface area contributed by atoms with Crippen molar-refractivity contribution >= 4 is 59.3 Å². The van der Waals surface area contributed by atoms with Gasteiger partial charge in [-0.3, -0.25) is 14.7 Å². The fourth-order valence-corrected chi connectivity index (χ4v) is 5.31. The van der Waals surface area contributed by atoms with Gasteiger partial charge in [-0.2, -0.15) is 4.99 Å². The highest BCUT2D eigenvalue weighted by atomic mass is 33.1. The van der Waals surface area contributed by atoms with Crippen molar-refractivity contribution in [3.8, 4) is 0 Å². The van der Waals surface area contributed by atoms with Gasteiger partial charge in [-0.15, -0.1) is 11.3 Å². The molecule has 1 aromatic heterocycles. The standard InChI is InChI=1S/C13H9N3OS3/c17-11(10-7-8-3-1-2-4-9(8)18-10)15-13-16-6-5-14-12(16)19-20-13/h1-4,7H,5-6H2. The molecule has 0 unspecified atom stereocenters. The number of carbonyl (C=O) groups is 1.